The fourth-order valence-electron chi connectivity index (χ4n) is 3.07. The van der Waals surface area contributed by atoms with Crippen LogP contribution in [0.4, 0.5) is 0 Å². The van der Waals surface area contributed by atoms with Crippen molar-refractivity contribution in [2.45, 2.75) is 31.7 Å². The summed E-state index contributed by atoms with van der Waals surface area (Å²) in [5.74, 6) is 0.0152. The number of sulfonamides is 1. The summed E-state index contributed by atoms with van der Waals surface area (Å²) in [4.78, 5) is 2.44. The maximum absolute atomic E-state index is 12.2. The Labute approximate surface area is 144 Å². The summed E-state index contributed by atoms with van der Waals surface area (Å²) in [6.45, 7) is 3.61. The van der Waals surface area contributed by atoms with Crippen molar-refractivity contribution in [2.75, 3.05) is 13.1 Å². The van der Waals surface area contributed by atoms with E-state index in [1.807, 2.05) is 42.5 Å². The van der Waals surface area contributed by atoms with Crippen molar-refractivity contribution in [1.29, 1.82) is 0 Å². The lowest BCUT2D eigenvalue weighted by atomic mass is 10.1. The van der Waals surface area contributed by atoms with Crippen LogP contribution in [0.1, 0.15) is 29.5 Å². The maximum Gasteiger partial charge on any atom is 0.216 e. The highest BCUT2D eigenvalue weighted by Gasteiger charge is 2.13. The van der Waals surface area contributed by atoms with Gasteiger partial charge in [0.15, 0.2) is 0 Å². The van der Waals surface area contributed by atoms with Gasteiger partial charge in [-0.25, -0.2) is 13.1 Å². The Morgan fingerprint density at radius 1 is 0.875 bits per heavy atom. The number of nitrogens with one attached hydrogen (secondary N) is 1. The van der Waals surface area contributed by atoms with Gasteiger partial charge in [0.2, 0.25) is 10.0 Å². The first-order valence-corrected chi connectivity index (χ1v) is 10.1. The summed E-state index contributed by atoms with van der Waals surface area (Å²) in [6, 6.07) is 17.4. The monoisotopic (exact) mass is 344 g/mol. The molecule has 1 fully saturated rings. The van der Waals surface area contributed by atoms with Crippen molar-refractivity contribution in [2.24, 2.45) is 0 Å². The molecular formula is C19H24N2O2S. The third-order valence-electron chi connectivity index (χ3n) is 4.29. The summed E-state index contributed by atoms with van der Waals surface area (Å²) in [6.07, 6.45) is 2.55. The lowest BCUT2D eigenvalue weighted by Gasteiger charge is -2.15. The Bertz CT molecular complexity index is 754. The summed E-state index contributed by atoms with van der Waals surface area (Å²) in [5, 5.41) is 0. The molecule has 0 spiro atoms. The van der Waals surface area contributed by atoms with Gasteiger partial charge in [-0.05, 0) is 42.6 Å². The molecule has 1 saturated heterocycles. The Balaban J connectivity index is 1.57. The predicted octanol–water partition coefficient (Wildman–Crippen LogP) is 2.90. The van der Waals surface area contributed by atoms with Crippen molar-refractivity contribution in [3.05, 3.63) is 71.3 Å². The highest BCUT2D eigenvalue weighted by Crippen LogP contribution is 2.14. The molecule has 5 heteroatoms. The van der Waals surface area contributed by atoms with Crippen LogP contribution < -0.4 is 4.72 Å². The van der Waals surface area contributed by atoms with Crippen molar-refractivity contribution < 1.29 is 8.42 Å². The van der Waals surface area contributed by atoms with E-state index in [1.54, 1.807) is 0 Å². The second-order valence-electron chi connectivity index (χ2n) is 6.37. The summed E-state index contributed by atoms with van der Waals surface area (Å²) in [5.41, 5.74) is 3.05. The molecule has 0 radical (unpaired) electrons. The summed E-state index contributed by atoms with van der Waals surface area (Å²) < 4.78 is 27.1. The number of hydrogen-bond acceptors (Lipinski definition) is 3. The van der Waals surface area contributed by atoms with Gasteiger partial charge in [-0.2, -0.15) is 0 Å². The van der Waals surface area contributed by atoms with E-state index >= 15 is 0 Å². The third kappa shape index (κ3) is 5.16. The van der Waals surface area contributed by atoms with E-state index in [9.17, 15) is 8.42 Å². The van der Waals surface area contributed by atoms with Gasteiger partial charge < -0.3 is 0 Å². The zero-order valence-electron chi connectivity index (χ0n) is 13.8. The standard InChI is InChI=1S/C19H24N2O2S/c22-24(23,16-17-7-2-1-3-8-17)20-14-18-9-6-10-19(13-18)15-21-11-4-5-12-21/h1-3,6-10,13,20H,4-5,11-12,14-16H2. The van der Waals surface area contributed by atoms with Crippen LogP contribution >= 0.6 is 0 Å². The molecular weight excluding hydrogens is 320 g/mol. The average Bonchev–Trinajstić information content (AvgIpc) is 3.07. The molecule has 1 N–H and O–H groups in total. The van der Waals surface area contributed by atoms with E-state index in [4.69, 9.17) is 0 Å². The Hall–Kier alpha value is -1.69. The molecule has 24 heavy (non-hydrogen) atoms. The molecule has 0 unspecified atom stereocenters. The molecule has 128 valence electrons. The predicted molar refractivity (Wildman–Crippen MR) is 96.9 cm³/mol. The zero-order chi connectivity index (χ0) is 16.8. The minimum Gasteiger partial charge on any atom is -0.299 e. The number of benzene rings is 2. The Morgan fingerprint density at radius 3 is 2.29 bits per heavy atom. The molecule has 4 nitrogen and oxygen atoms in total. The molecule has 2 aromatic carbocycles. The smallest absolute Gasteiger partial charge is 0.216 e. The van der Waals surface area contributed by atoms with E-state index in [-0.39, 0.29) is 5.75 Å². The summed E-state index contributed by atoms with van der Waals surface area (Å²) >= 11 is 0. The van der Waals surface area contributed by atoms with Gasteiger partial charge in [-0.3, -0.25) is 4.90 Å². The van der Waals surface area contributed by atoms with Gasteiger partial charge >= 0.3 is 0 Å². The van der Waals surface area contributed by atoms with E-state index in [2.05, 4.69) is 21.8 Å². The fraction of sp³-hybridized carbons (Fsp3) is 0.368. The van der Waals surface area contributed by atoms with Gasteiger partial charge in [0, 0.05) is 13.1 Å². The van der Waals surface area contributed by atoms with Gasteiger partial charge in [-0.15, -0.1) is 0 Å². The van der Waals surface area contributed by atoms with Crippen molar-refractivity contribution in [1.82, 2.24) is 9.62 Å². The zero-order valence-corrected chi connectivity index (χ0v) is 14.6. The lowest BCUT2D eigenvalue weighted by molar-refractivity contribution is 0.331. The molecule has 2 aromatic rings. The minimum atomic E-state index is -3.33. The van der Waals surface area contributed by atoms with Crippen LogP contribution in [0.2, 0.25) is 0 Å². The number of nitrogens with zero attached hydrogens (tertiary/aromatic N) is 1. The Morgan fingerprint density at radius 2 is 1.54 bits per heavy atom. The first kappa shape index (κ1) is 17.1. The second-order valence-corrected chi connectivity index (χ2v) is 8.18. The van der Waals surface area contributed by atoms with E-state index in [1.165, 1.54) is 18.4 Å². The molecule has 1 heterocycles. The molecule has 0 amide bonds. The van der Waals surface area contributed by atoms with Crippen LogP contribution in [-0.2, 0) is 28.9 Å². The molecule has 1 aliphatic heterocycles. The molecule has 0 atom stereocenters. The van der Waals surface area contributed by atoms with Gasteiger partial charge in [-0.1, -0.05) is 54.6 Å². The third-order valence-corrected chi connectivity index (χ3v) is 5.59. The van der Waals surface area contributed by atoms with E-state index < -0.39 is 10.0 Å². The van der Waals surface area contributed by atoms with E-state index in [0.717, 1.165) is 30.8 Å². The second kappa shape index (κ2) is 7.92. The Kier molecular flexibility index (Phi) is 5.66. The molecule has 0 aromatic heterocycles. The van der Waals surface area contributed by atoms with Crippen LogP contribution in [0.3, 0.4) is 0 Å². The largest absolute Gasteiger partial charge is 0.299 e. The maximum atomic E-state index is 12.2. The number of hydrogen-bond donors (Lipinski definition) is 1. The van der Waals surface area contributed by atoms with Crippen LogP contribution in [-0.4, -0.2) is 26.4 Å². The molecule has 0 saturated carbocycles. The number of rotatable bonds is 7. The molecule has 3 rings (SSSR count). The highest BCUT2D eigenvalue weighted by atomic mass is 32.2. The SMILES string of the molecule is O=S(=O)(Cc1ccccc1)NCc1cccc(CN2CCCC2)c1. The molecule has 0 aliphatic carbocycles. The van der Waals surface area contributed by atoms with Crippen LogP contribution in [0, 0.1) is 0 Å². The first-order valence-electron chi connectivity index (χ1n) is 8.42. The van der Waals surface area contributed by atoms with E-state index in [0.29, 0.717) is 6.54 Å². The average molecular weight is 344 g/mol. The summed E-state index contributed by atoms with van der Waals surface area (Å²) in [7, 11) is -3.33. The van der Waals surface area contributed by atoms with Gasteiger partial charge in [0.05, 0.1) is 5.75 Å². The van der Waals surface area contributed by atoms with Crippen molar-refractivity contribution in [3.8, 4) is 0 Å². The molecule has 0 bridgehead atoms. The minimum absolute atomic E-state index is 0.0152. The lowest BCUT2D eigenvalue weighted by Crippen LogP contribution is -2.25. The van der Waals surface area contributed by atoms with Crippen LogP contribution in [0.5, 0.6) is 0 Å². The van der Waals surface area contributed by atoms with Crippen molar-refractivity contribution >= 4 is 10.0 Å². The topological polar surface area (TPSA) is 49.4 Å². The normalized spacial score (nSPS) is 15.7. The van der Waals surface area contributed by atoms with Gasteiger partial charge in [0.1, 0.15) is 0 Å². The first-order chi connectivity index (χ1) is 11.6. The highest BCUT2D eigenvalue weighted by molar-refractivity contribution is 7.88. The molecule has 1 aliphatic rings. The number of likely N-dealkylation sites (tertiary alicyclic amines) is 1. The quantitative estimate of drug-likeness (QED) is 0.840. The van der Waals surface area contributed by atoms with Crippen LogP contribution in [0.25, 0.3) is 0 Å². The fourth-order valence-corrected chi connectivity index (χ4v) is 4.19. The van der Waals surface area contributed by atoms with Crippen LogP contribution in [0.15, 0.2) is 54.6 Å². The van der Waals surface area contributed by atoms with Crippen molar-refractivity contribution in [3.63, 3.8) is 0 Å². The van der Waals surface area contributed by atoms with Gasteiger partial charge in [0.25, 0.3) is 0 Å².